The summed E-state index contributed by atoms with van der Waals surface area (Å²) in [7, 11) is 1.60. The summed E-state index contributed by atoms with van der Waals surface area (Å²) in [6.45, 7) is 1.27. The Morgan fingerprint density at radius 1 is 1.15 bits per heavy atom. The van der Waals surface area contributed by atoms with Gasteiger partial charge < -0.3 is 20.5 Å². The number of methoxy groups -OCH3 is 1. The van der Waals surface area contributed by atoms with Gasteiger partial charge in [-0.25, -0.2) is 0 Å². The predicted octanol–water partition coefficient (Wildman–Crippen LogP) is 3.34. The van der Waals surface area contributed by atoms with Crippen LogP contribution in [0.4, 0.5) is 5.69 Å². The Morgan fingerprint density at radius 2 is 1.88 bits per heavy atom. The Balaban J connectivity index is 1.55. The number of carbonyl (C=O) groups excluding carboxylic acids is 1. The standard InChI is InChI=1S/C21H26N2O3/c1-26-19-9-7-17(8-10-19)20(24)23-18-6-4-5-16(13-18)14-22-15-21(25)11-2-3-12-21/h4-10,13,22,25H,2-3,11-12,14-15H2,1H3,(H,23,24). The number of rotatable bonds is 7. The quantitative estimate of drug-likeness (QED) is 0.713. The molecule has 0 saturated heterocycles. The van der Waals surface area contributed by atoms with Crippen LogP contribution in [0, 0.1) is 0 Å². The molecule has 0 unspecified atom stereocenters. The van der Waals surface area contributed by atoms with Gasteiger partial charge in [-0.1, -0.05) is 25.0 Å². The van der Waals surface area contributed by atoms with Crippen LogP contribution in [0.25, 0.3) is 0 Å². The number of benzene rings is 2. The molecule has 1 saturated carbocycles. The molecular weight excluding hydrogens is 328 g/mol. The van der Waals surface area contributed by atoms with Gasteiger partial charge in [-0.05, 0) is 54.8 Å². The molecule has 5 nitrogen and oxygen atoms in total. The molecule has 0 aliphatic heterocycles. The summed E-state index contributed by atoms with van der Waals surface area (Å²) < 4.78 is 5.11. The van der Waals surface area contributed by atoms with Crippen LogP contribution in [0.1, 0.15) is 41.6 Å². The van der Waals surface area contributed by atoms with E-state index < -0.39 is 5.60 Å². The molecule has 0 heterocycles. The van der Waals surface area contributed by atoms with Gasteiger partial charge in [0.2, 0.25) is 0 Å². The minimum absolute atomic E-state index is 0.155. The Morgan fingerprint density at radius 3 is 2.58 bits per heavy atom. The number of amides is 1. The first-order chi connectivity index (χ1) is 12.6. The zero-order valence-corrected chi connectivity index (χ0v) is 15.1. The van der Waals surface area contributed by atoms with E-state index in [4.69, 9.17) is 4.74 Å². The Hall–Kier alpha value is -2.37. The second kappa shape index (κ2) is 8.34. The lowest BCUT2D eigenvalue weighted by atomic mass is 10.0. The fraction of sp³-hybridized carbons (Fsp3) is 0.381. The molecule has 5 heteroatoms. The van der Waals surface area contributed by atoms with Crippen LogP contribution < -0.4 is 15.4 Å². The summed E-state index contributed by atoms with van der Waals surface area (Å²) in [4.78, 5) is 12.4. The van der Waals surface area contributed by atoms with Crippen molar-refractivity contribution < 1.29 is 14.6 Å². The fourth-order valence-corrected chi connectivity index (χ4v) is 3.35. The van der Waals surface area contributed by atoms with Crippen molar-refractivity contribution in [3.05, 3.63) is 59.7 Å². The van der Waals surface area contributed by atoms with Crippen LogP contribution in [-0.4, -0.2) is 30.3 Å². The second-order valence-electron chi connectivity index (χ2n) is 6.92. The molecule has 1 fully saturated rings. The summed E-state index contributed by atoms with van der Waals surface area (Å²) in [5.41, 5.74) is 1.85. The van der Waals surface area contributed by atoms with Crippen LogP contribution in [0.2, 0.25) is 0 Å². The maximum atomic E-state index is 12.4. The molecule has 1 amide bonds. The molecule has 0 aromatic heterocycles. The average molecular weight is 354 g/mol. The first kappa shape index (κ1) is 18.4. The molecule has 2 aromatic carbocycles. The number of ether oxygens (including phenoxy) is 1. The van der Waals surface area contributed by atoms with Gasteiger partial charge in [0.05, 0.1) is 12.7 Å². The van der Waals surface area contributed by atoms with E-state index in [0.717, 1.165) is 42.7 Å². The third-order valence-electron chi connectivity index (χ3n) is 4.85. The maximum Gasteiger partial charge on any atom is 0.255 e. The molecule has 3 rings (SSSR count). The summed E-state index contributed by atoms with van der Waals surface area (Å²) in [6, 6.07) is 14.8. The van der Waals surface area contributed by atoms with Crippen molar-refractivity contribution in [1.82, 2.24) is 5.32 Å². The van der Waals surface area contributed by atoms with Gasteiger partial charge >= 0.3 is 0 Å². The zero-order chi connectivity index (χ0) is 18.4. The summed E-state index contributed by atoms with van der Waals surface area (Å²) in [6.07, 6.45) is 3.95. The summed E-state index contributed by atoms with van der Waals surface area (Å²) >= 11 is 0. The van der Waals surface area contributed by atoms with Gasteiger partial charge in [0.25, 0.3) is 5.91 Å². The lowest BCUT2D eigenvalue weighted by Crippen LogP contribution is -2.37. The highest BCUT2D eigenvalue weighted by Gasteiger charge is 2.30. The fourth-order valence-electron chi connectivity index (χ4n) is 3.35. The topological polar surface area (TPSA) is 70.6 Å². The molecule has 0 spiro atoms. The molecule has 1 aliphatic carbocycles. The van der Waals surface area contributed by atoms with Crippen molar-refractivity contribution in [2.24, 2.45) is 0 Å². The van der Waals surface area contributed by atoms with Gasteiger partial charge in [-0.3, -0.25) is 4.79 Å². The first-order valence-corrected chi connectivity index (χ1v) is 9.05. The molecule has 26 heavy (non-hydrogen) atoms. The van der Waals surface area contributed by atoms with Gasteiger partial charge in [0.1, 0.15) is 5.75 Å². The number of nitrogens with one attached hydrogen (secondary N) is 2. The summed E-state index contributed by atoms with van der Waals surface area (Å²) in [5, 5.41) is 16.6. The van der Waals surface area contributed by atoms with Crippen molar-refractivity contribution >= 4 is 11.6 Å². The largest absolute Gasteiger partial charge is 0.497 e. The van der Waals surface area contributed by atoms with Gasteiger partial charge in [-0.2, -0.15) is 0 Å². The minimum Gasteiger partial charge on any atom is -0.497 e. The molecule has 3 N–H and O–H groups in total. The predicted molar refractivity (Wildman–Crippen MR) is 103 cm³/mol. The lowest BCUT2D eigenvalue weighted by molar-refractivity contribution is 0.0475. The Labute approximate surface area is 154 Å². The molecule has 138 valence electrons. The highest BCUT2D eigenvalue weighted by Crippen LogP contribution is 2.28. The molecule has 1 aliphatic rings. The number of carbonyl (C=O) groups is 1. The van der Waals surface area contributed by atoms with E-state index in [2.05, 4.69) is 10.6 Å². The van der Waals surface area contributed by atoms with Crippen molar-refractivity contribution in [3.8, 4) is 5.75 Å². The number of hydrogen-bond donors (Lipinski definition) is 3. The van der Waals surface area contributed by atoms with Crippen molar-refractivity contribution in [3.63, 3.8) is 0 Å². The first-order valence-electron chi connectivity index (χ1n) is 9.05. The van der Waals surface area contributed by atoms with Gasteiger partial charge in [0, 0.05) is 24.3 Å². The highest BCUT2D eigenvalue weighted by atomic mass is 16.5. The third-order valence-corrected chi connectivity index (χ3v) is 4.85. The molecule has 2 aromatic rings. The van der Waals surface area contributed by atoms with Crippen LogP contribution in [-0.2, 0) is 6.54 Å². The average Bonchev–Trinajstić information content (AvgIpc) is 3.08. The van der Waals surface area contributed by atoms with E-state index in [-0.39, 0.29) is 5.91 Å². The highest BCUT2D eigenvalue weighted by molar-refractivity contribution is 6.04. The van der Waals surface area contributed by atoms with E-state index in [1.54, 1.807) is 31.4 Å². The monoisotopic (exact) mass is 354 g/mol. The SMILES string of the molecule is COc1ccc(C(=O)Nc2cccc(CNCC3(O)CCCC3)c2)cc1. The molecule has 0 bridgehead atoms. The Kier molecular flexibility index (Phi) is 5.91. The van der Waals surface area contributed by atoms with Gasteiger partial charge in [0.15, 0.2) is 0 Å². The molecular formula is C21H26N2O3. The third kappa shape index (κ3) is 4.84. The van der Waals surface area contributed by atoms with E-state index >= 15 is 0 Å². The van der Waals surface area contributed by atoms with Crippen molar-refractivity contribution in [2.75, 3.05) is 19.0 Å². The van der Waals surface area contributed by atoms with Crippen LogP contribution in [0.5, 0.6) is 5.75 Å². The van der Waals surface area contributed by atoms with Crippen molar-refractivity contribution in [2.45, 2.75) is 37.8 Å². The lowest BCUT2D eigenvalue weighted by Gasteiger charge is -2.22. The second-order valence-corrected chi connectivity index (χ2v) is 6.92. The van der Waals surface area contributed by atoms with E-state index in [1.165, 1.54) is 0 Å². The zero-order valence-electron chi connectivity index (χ0n) is 15.1. The maximum absolute atomic E-state index is 12.4. The smallest absolute Gasteiger partial charge is 0.255 e. The Bertz CT molecular complexity index is 737. The van der Waals surface area contributed by atoms with Crippen LogP contribution in [0.3, 0.4) is 0 Å². The van der Waals surface area contributed by atoms with Crippen molar-refractivity contribution in [1.29, 1.82) is 0 Å². The van der Waals surface area contributed by atoms with Gasteiger partial charge in [-0.15, -0.1) is 0 Å². The summed E-state index contributed by atoms with van der Waals surface area (Å²) in [5.74, 6) is 0.566. The van der Waals surface area contributed by atoms with Crippen LogP contribution >= 0.6 is 0 Å². The number of aliphatic hydroxyl groups is 1. The molecule has 0 atom stereocenters. The number of anilines is 1. The van der Waals surface area contributed by atoms with E-state index in [1.807, 2.05) is 24.3 Å². The van der Waals surface area contributed by atoms with E-state index in [9.17, 15) is 9.90 Å². The van der Waals surface area contributed by atoms with Crippen LogP contribution in [0.15, 0.2) is 48.5 Å². The normalized spacial score (nSPS) is 15.6. The van der Waals surface area contributed by atoms with E-state index in [0.29, 0.717) is 18.7 Å². The number of hydrogen-bond acceptors (Lipinski definition) is 4. The minimum atomic E-state index is -0.555. The molecule has 0 radical (unpaired) electrons.